The smallest absolute Gasteiger partial charge is 0.174 e. The Balaban J connectivity index is 1.50. The van der Waals surface area contributed by atoms with Crippen molar-refractivity contribution in [3.05, 3.63) is 89.5 Å². The number of rotatable bonds is 6. The summed E-state index contributed by atoms with van der Waals surface area (Å²) in [6, 6.07) is 22.7. The molecule has 29 heavy (non-hydrogen) atoms. The number of fused-ring (bicyclic) bond motifs is 1. The molecule has 0 saturated carbocycles. The minimum absolute atomic E-state index is 0.0856. The van der Waals surface area contributed by atoms with E-state index in [4.69, 9.17) is 25.8 Å². The molecule has 3 aromatic carbocycles. The molecule has 0 saturated heterocycles. The predicted molar refractivity (Wildman–Crippen MR) is 112 cm³/mol. The highest BCUT2D eigenvalue weighted by Crippen LogP contribution is 2.43. The number of halogens is 1. The van der Waals surface area contributed by atoms with Crippen molar-refractivity contribution < 1.29 is 19.0 Å². The van der Waals surface area contributed by atoms with Gasteiger partial charge in [-0.15, -0.1) is 11.6 Å². The summed E-state index contributed by atoms with van der Waals surface area (Å²) < 4.78 is 17.1. The van der Waals surface area contributed by atoms with Gasteiger partial charge in [0.1, 0.15) is 30.5 Å². The summed E-state index contributed by atoms with van der Waals surface area (Å²) in [5.41, 5.74) is 2.39. The average Bonchev–Trinajstić information content (AvgIpc) is 2.78. The summed E-state index contributed by atoms with van der Waals surface area (Å²) in [6.07, 6.45) is 0. The summed E-state index contributed by atoms with van der Waals surface area (Å²) in [6.45, 7) is 0.680. The third-order valence-electron chi connectivity index (χ3n) is 5.01. The van der Waals surface area contributed by atoms with Gasteiger partial charge in [0.25, 0.3) is 0 Å². The van der Waals surface area contributed by atoms with Crippen molar-refractivity contribution in [3.63, 3.8) is 0 Å². The van der Waals surface area contributed by atoms with E-state index in [0.29, 0.717) is 29.4 Å². The lowest BCUT2D eigenvalue weighted by Crippen LogP contribution is -2.30. The quantitative estimate of drug-likeness (QED) is 0.402. The fourth-order valence-corrected chi connectivity index (χ4v) is 3.80. The molecule has 0 bridgehead atoms. The standard InChI is InChI=1S/C24H21ClO4/c1-27-21-10-6-5-9-19(21)24(26)20-15-29-22-13-17(11-12-18(22)23(20)25)28-14-16-7-3-2-4-8-16/h2-13,20,23H,14-15H2,1H3. The normalized spacial score (nSPS) is 17.7. The van der Waals surface area contributed by atoms with E-state index in [0.717, 1.165) is 11.1 Å². The summed E-state index contributed by atoms with van der Waals surface area (Å²) in [5.74, 6) is 1.32. The van der Waals surface area contributed by atoms with Gasteiger partial charge in [0.2, 0.25) is 0 Å². The Kier molecular flexibility index (Phi) is 5.72. The minimum atomic E-state index is -0.489. The topological polar surface area (TPSA) is 44.8 Å². The zero-order valence-corrected chi connectivity index (χ0v) is 16.8. The highest BCUT2D eigenvalue weighted by atomic mass is 35.5. The molecule has 1 heterocycles. The van der Waals surface area contributed by atoms with Crippen molar-refractivity contribution in [2.75, 3.05) is 13.7 Å². The van der Waals surface area contributed by atoms with Crippen LogP contribution in [0.25, 0.3) is 0 Å². The molecule has 4 nitrogen and oxygen atoms in total. The molecule has 0 fully saturated rings. The number of carbonyl (C=O) groups is 1. The maximum absolute atomic E-state index is 13.1. The van der Waals surface area contributed by atoms with Gasteiger partial charge in [0.05, 0.1) is 24.0 Å². The van der Waals surface area contributed by atoms with Crippen molar-refractivity contribution in [3.8, 4) is 17.2 Å². The molecule has 0 spiro atoms. The number of hydrogen-bond donors (Lipinski definition) is 0. The average molecular weight is 409 g/mol. The largest absolute Gasteiger partial charge is 0.496 e. The summed E-state index contributed by atoms with van der Waals surface area (Å²) in [7, 11) is 1.55. The van der Waals surface area contributed by atoms with Crippen LogP contribution in [-0.4, -0.2) is 19.5 Å². The SMILES string of the molecule is COc1ccccc1C(=O)C1COc2cc(OCc3ccccc3)ccc2C1Cl. The Hall–Kier alpha value is -2.98. The van der Waals surface area contributed by atoms with Gasteiger partial charge in [-0.1, -0.05) is 48.5 Å². The number of ketones is 1. The fourth-order valence-electron chi connectivity index (χ4n) is 3.44. The number of alkyl halides is 1. The first-order valence-corrected chi connectivity index (χ1v) is 9.86. The second-order valence-corrected chi connectivity index (χ2v) is 7.33. The number of hydrogen-bond acceptors (Lipinski definition) is 4. The van der Waals surface area contributed by atoms with Crippen LogP contribution in [0, 0.1) is 5.92 Å². The zero-order valence-electron chi connectivity index (χ0n) is 16.0. The van der Waals surface area contributed by atoms with Gasteiger partial charge in [-0.05, 0) is 23.8 Å². The van der Waals surface area contributed by atoms with Crippen molar-refractivity contribution in [1.29, 1.82) is 0 Å². The van der Waals surface area contributed by atoms with Crippen LogP contribution in [0.5, 0.6) is 17.2 Å². The van der Waals surface area contributed by atoms with E-state index in [-0.39, 0.29) is 12.4 Å². The lowest BCUT2D eigenvalue weighted by molar-refractivity contribution is 0.0846. The van der Waals surface area contributed by atoms with Crippen molar-refractivity contribution in [1.82, 2.24) is 0 Å². The molecule has 5 heteroatoms. The Labute approximate surface area is 175 Å². The zero-order chi connectivity index (χ0) is 20.2. The highest BCUT2D eigenvalue weighted by molar-refractivity contribution is 6.23. The molecule has 0 aromatic heterocycles. The van der Waals surface area contributed by atoms with Gasteiger partial charge in [0, 0.05) is 11.6 Å². The first-order valence-electron chi connectivity index (χ1n) is 9.42. The number of methoxy groups -OCH3 is 1. The van der Waals surface area contributed by atoms with Gasteiger partial charge in [0.15, 0.2) is 5.78 Å². The Morgan fingerprint density at radius 1 is 1.07 bits per heavy atom. The van der Waals surface area contributed by atoms with Gasteiger partial charge < -0.3 is 14.2 Å². The lowest BCUT2D eigenvalue weighted by atomic mass is 9.89. The second-order valence-electron chi connectivity index (χ2n) is 6.86. The van der Waals surface area contributed by atoms with Crippen molar-refractivity contribution in [2.45, 2.75) is 12.0 Å². The lowest BCUT2D eigenvalue weighted by Gasteiger charge is -2.29. The number of carbonyl (C=O) groups excluding carboxylic acids is 1. The summed E-state index contributed by atoms with van der Waals surface area (Å²) in [5, 5.41) is -0.487. The van der Waals surface area contributed by atoms with E-state index in [9.17, 15) is 4.79 Å². The van der Waals surface area contributed by atoms with Crippen molar-refractivity contribution in [2.24, 2.45) is 5.92 Å². The van der Waals surface area contributed by atoms with E-state index >= 15 is 0 Å². The molecule has 0 aliphatic carbocycles. The number of para-hydroxylation sites is 1. The molecule has 1 aliphatic heterocycles. The fraction of sp³-hybridized carbons (Fsp3) is 0.208. The van der Waals surface area contributed by atoms with Crippen LogP contribution in [0.4, 0.5) is 0 Å². The van der Waals surface area contributed by atoms with Gasteiger partial charge in [-0.25, -0.2) is 0 Å². The molecule has 2 atom stereocenters. The predicted octanol–water partition coefficient (Wildman–Crippen LogP) is 5.45. The van der Waals surface area contributed by atoms with Gasteiger partial charge in [-0.3, -0.25) is 4.79 Å². The Morgan fingerprint density at radius 3 is 2.62 bits per heavy atom. The molecule has 0 radical (unpaired) electrons. The van der Waals surface area contributed by atoms with Gasteiger partial charge in [-0.2, -0.15) is 0 Å². The third kappa shape index (κ3) is 4.08. The summed E-state index contributed by atoms with van der Waals surface area (Å²) >= 11 is 6.70. The highest BCUT2D eigenvalue weighted by Gasteiger charge is 2.36. The molecule has 2 unspecified atom stereocenters. The molecule has 0 N–H and O–H groups in total. The van der Waals surface area contributed by atoms with Crippen LogP contribution in [0.1, 0.15) is 26.9 Å². The maximum atomic E-state index is 13.1. The molecule has 1 aliphatic rings. The third-order valence-corrected chi connectivity index (χ3v) is 5.55. The van der Waals surface area contributed by atoms with Crippen LogP contribution in [0.15, 0.2) is 72.8 Å². The Morgan fingerprint density at radius 2 is 1.83 bits per heavy atom. The van der Waals surface area contributed by atoms with Crippen LogP contribution < -0.4 is 14.2 Å². The van der Waals surface area contributed by atoms with Crippen molar-refractivity contribution >= 4 is 17.4 Å². The monoisotopic (exact) mass is 408 g/mol. The Bertz CT molecular complexity index is 1000. The second kappa shape index (κ2) is 8.58. The van der Waals surface area contributed by atoms with E-state index in [1.54, 1.807) is 19.2 Å². The van der Waals surface area contributed by atoms with Crippen LogP contribution in [-0.2, 0) is 6.61 Å². The van der Waals surface area contributed by atoms with Gasteiger partial charge >= 0.3 is 0 Å². The van der Waals surface area contributed by atoms with Crippen LogP contribution in [0.2, 0.25) is 0 Å². The van der Waals surface area contributed by atoms with E-state index in [1.807, 2.05) is 60.7 Å². The minimum Gasteiger partial charge on any atom is -0.496 e. The van der Waals surface area contributed by atoms with E-state index in [2.05, 4.69) is 0 Å². The maximum Gasteiger partial charge on any atom is 0.174 e. The van der Waals surface area contributed by atoms with E-state index in [1.165, 1.54) is 0 Å². The van der Waals surface area contributed by atoms with E-state index < -0.39 is 11.3 Å². The molecule has 4 rings (SSSR count). The first-order chi connectivity index (χ1) is 14.2. The summed E-state index contributed by atoms with van der Waals surface area (Å²) in [4.78, 5) is 13.1. The van der Waals surface area contributed by atoms with Crippen LogP contribution in [0.3, 0.4) is 0 Å². The molecular formula is C24H21ClO4. The first kappa shape index (κ1) is 19.3. The number of ether oxygens (including phenoxy) is 3. The molecule has 148 valence electrons. The molecule has 3 aromatic rings. The molecule has 0 amide bonds. The molecular weight excluding hydrogens is 388 g/mol. The number of benzene rings is 3. The number of Topliss-reactive ketones (excluding diaryl/α,β-unsaturated/α-hetero) is 1. The van der Waals surface area contributed by atoms with Crippen LogP contribution >= 0.6 is 11.6 Å².